The van der Waals surface area contributed by atoms with E-state index in [2.05, 4.69) is 86.7 Å². The van der Waals surface area contributed by atoms with Gasteiger partial charge in [-0.05, 0) is 124 Å². The molecule has 688 valence electrons. The van der Waals surface area contributed by atoms with E-state index in [0.717, 1.165) is 102 Å². The molecule has 4 rings (SSSR count). The van der Waals surface area contributed by atoms with Crippen LogP contribution in [-0.4, -0.2) is 191 Å². The van der Waals surface area contributed by atoms with E-state index in [-0.39, 0.29) is 97.0 Å². The number of carbonyl (C=O) groups excluding carboxylic acids is 8. The van der Waals surface area contributed by atoms with E-state index in [1.807, 2.05) is 222 Å². The summed E-state index contributed by atoms with van der Waals surface area (Å²) in [5, 5.41) is 36.5. The van der Waals surface area contributed by atoms with Crippen molar-refractivity contribution in [3.05, 3.63) is 129 Å². The van der Waals surface area contributed by atoms with Crippen molar-refractivity contribution in [1.29, 1.82) is 10.5 Å². The van der Waals surface area contributed by atoms with Gasteiger partial charge in [0, 0.05) is 154 Å². The Morgan fingerprint density at radius 3 is 1.11 bits per heavy atom. The van der Waals surface area contributed by atoms with Crippen molar-refractivity contribution >= 4 is 78.3 Å². The fourth-order valence-corrected chi connectivity index (χ4v) is 11.6. The number of amides is 8. The van der Waals surface area contributed by atoms with E-state index in [4.69, 9.17) is 20.0 Å². The minimum Gasteiger partial charge on any atom is -0.385 e. The number of nitriles is 2. The number of aryl methyl sites for hydroxylation is 1. The van der Waals surface area contributed by atoms with Crippen molar-refractivity contribution in [2.24, 2.45) is 43.3 Å². The summed E-state index contributed by atoms with van der Waals surface area (Å²) < 4.78 is 53.6. The predicted octanol–water partition coefficient (Wildman–Crippen LogP) is 15.1. The third-order valence-corrected chi connectivity index (χ3v) is 20.9. The SMILES string of the molecule is CC(C)(C)C(=O)NCCCS(C)(=O)=O.CC(C)(C)C(=O)NCCc1ccc(C#N)cc1.CC(C)(C)C(=O)NCCc1cccc(C#N)c1.CC(C)(C)C(=O)NCCc1cccs1.CCS(=O)(=O)CCCNC(=O)C(C)(C)C.COCCCCN(C)C(=O)C(C)(C)C.COCCCCNC(=O)C(C)(C)C.Cc1cccc(CCN(C)C(=O)C(C)(C)C)c1. The highest BCUT2D eigenvalue weighted by Gasteiger charge is 2.28. The number of hydrogen-bond donors (Lipinski definition) is 6. The molecule has 27 heteroatoms. The van der Waals surface area contributed by atoms with Crippen molar-refractivity contribution in [2.75, 3.05) is 117 Å². The van der Waals surface area contributed by atoms with Crippen molar-refractivity contribution < 1.29 is 64.7 Å². The number of thiophene rings is 1. The second-order valence-corrected chi connectivity index (χ2v) is 43.9. The topological polar surface area (TPSA) is 350 Å². The van der Waals surface area contributed by atoms with Crippen LogP contribution in [0.5, 0.6) is 0 Å². The van der Waals surface area contributed by atoms with Crippen LogP contribution in [0.3, 0.4) is 0 Å². The van der Waals surface area contributed by atoms with Crippen LogP contribution in [0.1, 0.15) is 250 Å². The molecule has 0 fully saturated rings. The summed E-state index contributed by atoms with van der Waals surface area (Å²) in [4.78, 5) is 97.4. The van der Waals surface area contributed by atoms with Gasteiger partial charge in [-0.1, -0.05) is 233 Å². The molecule has 0 radical (unpaired) electrons. The first kappa shape index (κ1) is 119. The Hall–Kier alpha value is -8.08. The van der Waals surface area contributed by atoms with E-state index in [9.17, 15) is 55.2 Å². The first-order valence-electron chi connectivity index (χ1n) is 42.0. The Balaban J connectivity index is -0.000000648. The van der Waals surface area contributed by atoms with Crippen LogP contribution in [0.25, 0.3) is 0 Å². The summed E-state index contributed by atoms with van der Waals surface area (Å²) in [6.45, 7) is 55.9. The number of likely N-dealkylation sites (N-methyl/N-ethyl adjacent to an activating group) is 1. The molecule has 0 saturated carbocycles. The monoisotopic (exact) mass is 1750 g/mol. The molecule has 1 aromatic heterocycles. The lowest BCUT2D eigenvalue weighted by molar-refractivity contribution is -0.138. The quantitative estimate of drug-likeness (QED) is 0.0255. The molecule has 0 aliphatic heterocycles. The normalized spacial score (nSPS) is 11.5. The van der Waals surface area contributed by atoms with Gasteiger partial charge in [-0.25, -0.2) is 16.8 Å². The Labute approximate surface area is 736 Å². The zero-order valence-electron chi connectivity index (χ0n) is 80.2. The van der Waals surface area contributed by atoms with Crippen molar-refractivity contribution in [3.63, 3.8) is 0 Å². The number of hydrogen-bond acceptors (Lipinski definition) is 17. The van der Waals surface area contributed by atoms with E-state index in [0.29, 0.717) is 50.1 Å². The van der Waals surface area contributed by atoms with Crippen LogP contribution >= 0.6 is 11.3 Å². The Bertz CT molecular complexity index is 3960. The maximum Gasteiger partial charge on any atom is 0.227 e. The average Bonchev–Trinajstić information content (AvgIpc) is 0.927. The van der Waals surface area contributed by atoms with E-state index in [1.165, 1.54) is 22.3 Å². The fourth-order valence-electron chi connectivity index (χ4n) is 9.38. The molecule has 0 aliphatic rings. The predicted molar refractivity (Wildman–Crippen MR) is 497 cm³/mol. The summed E-state index contributed by atoms with van der Waals surface area (Å²) in [7, 11) is 1.31. The van der Waals surface area contributed by atoms with Gasteiger partial charge in [0.2, 0.25) is 47.3 Å². The van der Waals surface area contributed by atoms with Crippen LogP contribution in [0.15, 0.2) is 90.3 Å². The molecule has 4 aromatic rings. The number of unbranched alkanes of at least 4 members (excludes halogenated alkanes) is 2. The number of nitrogens with one attached hydrogen (secondary N) is 6. The number of methoxy groups -OCH3 is 2. The highest BCUT2D eigenvalue weighted by atomic mass is 32.2. The molecule has 0 saturated heterocycles. The molecule has 6 N–H and O–H groups in total. The van der Waals surface area contributed by atoms with Crippen molar-refractivity contribution in [2.45, 2.75) is 244 Å². The summed E-state index contributed by atoms with van der Waals surface area (Å²) in [5.41, 5.74) is 3.43. The molecule has 0 aliphatic carbocycles. The number of nitrogens with zero attached hydrogens (tertiary/aromatic N) is 4. The molecule has 8 amide bonds. The number of carbonyl (C=O) groups is 8. The third-order valence-electron chi connectivity index (χ3n) is 17.1. The smallest absolute Gasteiger partial charge is 0.227 e. The fraction of sp³-hybridized carbons (Fsp3) is 0.660. The number of sulfone groups is 2. The van der Waals surface area contributed by atoms with Crippen molar-refractivity contribution in [3.8, 4) is 12.1 Å². The van der Waals surface area contributed by atoms with E-state index < -0.39 is 30.5 Å². The van der Waals surface area contributed by atoms with Crippen LogP contribution < -0.4 is 31.9 Å². The lowest BCUT2D eigenvalue weighted by Gasteiger charge is -2.26. The molecule has 121 heavy (non-hydrogen) atoms. The van der Waals surface area contributed by atoms with Crippen LogP contribution in [-0.2, 0) is 93.2 Å². The Morgan fingerprint density at radius 2 is 0.752 bits per heavy atom. The highest BCUT2D eigenvalue weighted by Crippen LogP contribution is 2.21. The van der Waals surface area contributed by atoms with Gasteiger partial charge >= 0.3 is 0 Å². The Kier molecular flexibility index (Phi) is 58.8. The van der Waals surface area contributed by atoms with Gasteiger partial charge in [0.15, 0.2) is 0 Å². The van der Waals surface area contributed by atoms with Gasteiger partial charge < -0.3 is 51.2 Å². The average molecular weight is 1750 g/mol. The minimum absolute atomic E-state index is 0.0450. The minimum atomic E-state index is -2.91. The molecule has 3 aromatic carbocycles. The first-order chi connectivity index (χ1) is 55.4. The molecular weight excluding hydrogens is 1590 g/mol. The standard InChI is InChI=1S/C15H23NO.2C14H18N2O.C11H23NO2.C11H17NOS.C10H21NO3S.C10H21NO2.C9H19NO3S/c1-12-7-6-8-13(11-12)9-10-16(5)14(17)15(2,3)4;1-14(2,3)13(17)16-9-8-11-4-6-12(10-15)7-5-11;1-14(2,3)13(17)16-8-7-11-5-4-6-12(9-11)10-15;1-11(2,3)10(13)12(4)8-6-7-9-14-5;1-11(2,3)10(13)12-7-6-9-5-4-8-14-9;1-5-15(13,14)8-6-7-11-9(12)10(2,3)4;1-10(2,3)9(12)11-7-5-6-8-13-4;1-9(2,3)8(11)10-6-5-7-14(4,12)13/h6-8,11H,9-10H2,1-5H3;4-7H,8-9H2,1-3H3,(H,16,17);4-6,9H,7-8H2,1-3H3,(H,16,17);6-9H2,1-5H3;4-5,8H,6-7H2,1-3H3,(H,12,13);5-8H2,1-4H3,(H,11,12);5-8H2,1-4H3,(H,11,12);5-7H2,1-4H3,(H,10,11). The summed E-state index contributed by atoms with van der Waals surface area (Å²) in [6.07, 6.45) is 9.53. The molecule has 24 nitrogen and oxygen atoms in total. The third kappa shape index (κ3) is 65.3. The van der Waals surface area contributed by atoms with Gasteiger partial charge in [-0.2, -0.15) is 10.5 Å². The maximum absolute atomic E-state index is 12.0. The van der Waals surface area contributed by atoms with E-state index in [1.54, 1.807) is 55.6 Å². The summed E-state index contributed by atoms with van der Waals surface area (Å²) >= 11 is 1.73. The van der Waals surface area contributed by atoms with Gasteiger partial charge in [0.05, 0.1) is 34.8 Å². The zero-order valence-corrected chi connectivity index (χ0v) is 82.6. The summed E-state index contributed by atoms with van der Waals surface area (Å²) in [5.74, 6) is 1.09. The van der Waals surface area contributed by atoms with Crippen molar-refractivity contribution in [1.82, 2.24) is 41.7 Å². The zero-order chi connectivity index (χ0) is 94.5. The largest absolute Gasteiger partial charge is 0.385 e. The molecule has 0 spiro atoms. The number of rotatable bonds is 31. The molecule has 0 unspecified atom stereocenters. The lowest BCUT2D eigenvalue weighted by Crippen LogP contribution is -2.37. The van der Waals surface area contributed by atoms with Gasteiger partial charge in [0.1, 0.15) is 19.7 Å². The number of benzene rings is 3. The highest BCUT2D eigenvalue weighted by molar-refractivity contribution is 7.91. The summed E-state index contributed by atoms with van der Waals surface area (Å²) in [6, 6.07) is 31.6. The van der Waals surface area contributed by atoms with Crippen LogP contribution in [0.4, 0.5) is 0 Å². The second kappa shape index (κ2) is 59.7. The molecule has 0 atom stereocenters. The van der Waals surface area contributed by atoms with Gasteiger partial charge in [0.25, 0.3) is 0 Å². The maximum atomic E-state index is 12.0. The van der Waals surface area contributed by atoms with Crippen LogP contribution in [0, 0.1) is 72.9 Å². The number of ether oxygens (including phenoxy) is 2. The Morgan fingerprint density at radius 1 is 0.397 bits per heavy atom. The molecule has 0 bridgehead atoms. The lowest BCUT2D eigenvalue weighted by atomic mass is 9.95. The van der Waals surface area contributed by atoms with Gasteiger partial charge in [-0.3, -0.25) is 38.4 Å². The van der Waals surface area contributed by atoms with Gasteiger partial charge in [-0.15, -0.1) is 11.3 Å². The second-order valence-electron chi connectivity index (χ2n) is 38.2. The first-order valence-corrected chi connectivity index (χ1v) is 46.8. The molecule has 1 heterocycles. The van der Waals surface area contributed by atoms with E-state index >= 15 is 0 Å². The van der Waals surface area contributed by atoms with Crippen LogP contribution in [0.2, 0.25) is 0 Å². The molecular formula is C94H160N10O14S3.